The molecule has 0 radical (unpaired) electrons. The van der Waals surface area contributed by atoms with Crippen molar-refractivity contribution in [2.75, 3.05) is 0 Å². The number of rotatable bonds is 7. The van der Waals surface area contributed by atoms with Crippen LogP contribution in [0.1, 0.15) is 32.6 Å². The molecule has 18 heavy (non-hydrogen) atoms. The van der Waals surface area contributed by atoms with E-state index >= 15 is 0 Å². The number of carboxylic acid groups (broad SMARTS) is 1. The molecule has 5 N–H and O–H groups in total. The lowest BCUT2D eigenvalue weighted by Crippen LogP contribution is -2.48. The highest BCUT2D eigenvalue weighted by molar-refractivity contribution is 5.87. The van der Waals surface area contributed by atoms with Gasteiger partial charge >= 0.3 is 12.0 Å². The minimum absolute atomic E-state index is 0.118. The first-order valence-electron chi connectivity index (χ1n) is 6.02. The van der Waals surface area contributed by atoms with Crippen molar-refractivity contribution in [3.05, 3.63) is 0 Å². The number of carboxylic acids is 1. The maximum Gasteiger partial charge on any atom is 0.326 e. The van der Waals surface area contributed by atoms with Crippen molar-refractivity contribution in [3.8, 4) is 0 Å². The summed E-state index contributed by atoms with van der Waals surface area (Å²) in [5, 5.41) is 13.7. The van der Waals surface area contributed by atoms with Gasteiger partial charge in [0.1, 0.15) is 6.04 Å². The fraction of sp³-hybridized carbons (Fsp3) is 0.727. The molecule has 1 saturated carbocycles. The first-order valence-corrected chi connectivity index (χ1v) is 6.02. The van der Waals surface area contributed by atoms with Gasteiger partial charge in [0.2, 0.25) is 5.91 Å². The molecular weight excluding hydrogens is 238 g/mol. The Labute approximate surface area is 105 Å². The fourth-order valence-electron chi connectivity index (χ4n) is 1.88. The maximum absolute atomic E-state index is 11.5. The van der Waals surface area contributed by atoms with Gasteiger partial charge in [-0.1, -0.05) is 13.3 Å². The van der Waals surface area contributed by atoms with Crippen LogP contribution in [0.5, 0.6) is 0 Å². The number of nitrogens with one attached hydrogen (secondary N) is 2. The summed E-state index contributed by atoms with van der Waals surface area (Å²) >= 11 is 0. The highest BCUT2D eigenvalue weighted by Gasteiger charge is 2.37. The van der Waals surface area contributed by atoms with E-state index in [0.29, 0.717) is 5.92 Å². The molecule has 0 heterocycles. The SMILES string of the molecule is CCCC1CC1NC(=O)N[C@H](CC(N)=O)C(=O)O. The molecule has 0 saturated heterocycles. The molecule has 0 aromatic rings. The minimum atomic E-state index is -1.27. The topological polar surface area (TPSA) is 122 Å². The summed E-state index contributed by atoms with van der Waals surface area (Å²) < 4.78 is 0. The van der Waals surface area contributed by atoms with Crippen LogP contribution in [-0.4, -0.2) is 35.1 Å². The smallest absolute Gasteiger partial charge is 0.326 e. The van der Waals surface area contributed by atoms with Crippen LogP contribution in [0, 0.1) is 5.92 Å². The monoisotopic (exact) mass is 257 g/mol. The van der Waals surface area contributed by atoms with Crippen LogP contribution in [0.4, 0.5) is 4.79 Å². The molecule has 3 atom stereocenters. The minimum Gasteiger partial charge on any atom is -0.480 e. The lowest BCUT2D eigenvalue weighted by Gasteiger charge is -2.13. The molecule has 1 fully saturated rings. The molecule has 7 nitrogen and oxygen atoms in total. The average molecular weight is 257 g/mol. The van der Waals surface area contributed by atoms with E-state index in [1.54, 1.807) is 0 Å². The second-order valence-electron chi connectivity index (χ2n) is 4.57. The van der Waals surface area contributed by atoms with Crippen LogP contribution in [0.25, 0.3) is 0 Å². The number of urea groups is 1. The normalized spacial score (nSPS) is 22.9. The zero-order valence-corrected chi connectivity index (χ0v) is 10.3. The van der Waals surface area contributed by atoms with Crippen molar-refractivity contribution in [1.82, 2.24) is 10.6 Å². The van der Waals surface area contributed by atoms with Gasteiger partial charge in [-0.05, 0) is 18.8 Å². The molecule has 0 aliphatic heterocycles. The average Bonchev–Trinajstić information content (AvgIpc) is 2.95. The second kappa shape index (κ2) is 6.23. The Balaban J connectivity index is 2.33. The van der Waals surface area contributed by atoms with Gasteiger partial charge in [-0.2, -0.15) is 0 Å². The number of primary amides is 1. The maximum atomic E-state index is 11.5. The van der Waals surface area contributed by atoms with E-state index in [1.165, 1.54) is 0 Å². The van der Waals surface area contributed by atoms with E-state index in [-0.39, 0.29) is 6.04 Å². The summed E-state index contributed by atoms with van der Waals surface area (Å²) in [5.74, 6) is -1.55. The number of nitrogens with two attached hydrogens (primary N) is 1. The summed E-state index contributed by atoms with van der Waals surface area (Å²) in [7, 11) is 0. The molecule has 1 rings (SSSR count). The number of hydrogen-bond donors (Lipinski definition) is 4. The Hall–Kier alpha value is -1.79. The van der Waals surface area contributed by atoms with Crippen molar-refractivity contribution in [3.63, 3.8) is 0 Å². The Kier molecular flexibility index (Phi) is 4.94. The third-order valence-electron chi connectivity index (χ3n) is 2.91. The lowest BCUT2D eigenvalue weighted by molar-refractivity contribution is -0.140. The Morgan fingerprint density at radius 1 is 1.44 bits per heavy atom. The van der Waals surface area contributed by atoms with Gasteiger partial charge in [-0.15, -0.1) is 0 Å². The van der Waals surface area contributed by atoms with Crippen LogP contribution in [-0.2, 0) is 9.59 Å². The van der Waals surface area contributed by atoms with E-state index < -0.39 is 30.4 Å². The molecule has 0 spiro atoms. The fourth-order valence-corrected chi connectivity index (χ4v) is 1.88. The number of amides is 3. The summed E-state index contributed by atoms with van der Waals surface area (Å²) in [5.41, 5.74) is 4.91. The third kappa shape index (κ3) is 4.60. The van der Waals surface area contributed by atoms with Crippen LogP contribution < -0.4 is 16.4 Å². The number of aliphatic carboxylic acids is 1. The lowest BCUT2D eigenvalue weighted by atomic mass is 10.2. The summed E-state index contributed by atoms with van der Waals surface area (Å²) in [6.07, 6.45) is 2.62. The highest BCUT2D eigenvalue weighted by atomic mass is 16.4. The van der Waals surface area contributed by atoms with Gasteiger partial charge in [-0.25, -0.2) is 9.59 Å². The summed E-state index contributed by atoms with van der Waals surface area (Å²) in [6, 6.07) is -1.72. The van der Waals surface area contributed by atoms with Crippen LogP contribution in [0.15, 0.2) is 0 Å². The van der Waals surface area contributed by atoms with Gasteiger partial charge in [0, 0.05) is 6.04 Å². The highest BCUT2D eigenvalue weighted by Crippen LogP contribution is 2.34. The zero-order valence-electron chi connectivity index (χ0n) is 10.3. The standard InChI is InChI=1S/C11H19N3O4/c1-2-3-6-4-7(6)13-11(18)14-8(10(16)17)5-9(12)15/h6-8H,2-5H2,1H3,(H2,12,15)(H,16,17)(H2,13,14,18)/t6?,7?,8-/m1/s1. The predicted octanol–water partition coefficient (Wildman–Crippen LogP) is -0.197. The molecule has 2 unspecified atom stereocenters. The van der Waals surface area contributed by atoms with Crippen molar-refractivity contribution >= 4 is 17.9 Å². The van der Waals surface area contributed by atoms with Gasteiger partial charge in [0.05, 0.1) is 6.42 Å². The Morgan fingerprint density at radius 2 is 2.11 bits per heavy atom. The first-order chi connectivity index (χ1) is 8.43. The molecular formula is C11H19N3O4. The molecule has 7 heteroatoms. The van der Waals surface area contributed by atoms with Crippen LogP contribution in [0.3, 0.4) is 0 Å². The molecule has 0 aromatic carbocycles. The van der Waals surface area contributed by atoms with E-state index in [2.05, 4.69) is 17.6 Å². The Bertz CT molecular complexity index is 345. The second-order valence-corrected chi connectivity index (χ2v) is 4.57. The molecule has 102 valence electrons. The van der Waals surface area contributed by atoms with Crippen molar-refractivity contribution < 1.29 is 19.5 Å². The molecule has 0 bridgehead atoms. The number of carbonyl (C=O) groups excluding carboxylic acids is 2. The van der Waals surface area contributed by atoms with E-state index in [9.17, 15) is 14.4 Å². The van der Waals surface area contributed by atoms with Crippen molar-refractivity contribution in [1.29, 1.82) is 0 Å². The van der Waals surface area contributed by atoms with Crippen LogP contribution >= 0.6 is 0 Å². The largest absolute Gasteiger partial charge is 0.480 e. The van der Waals surface area contributed by atoms with Crippen molar-refractivity contribution in [2.24, 2.45) is 11.7 Å². The summed E-state index contributed by atoms with van der Waals surface area (Å²) in [4.78, 5) is 32.9. The Morgan fingerprint density at radius 3 is 2.61 bits per heavy atom. The van der Waals surface area contributed by atoms with Crippen LogP contribution in [0.2, 0.25) is 0 Å². The van der Waals surface area contributed by atoms with E-state index in [4.69, 9.17) is 10.8 Å². The van der Waals surface area contributed by atoms with E-state index in [0.717, 1.165) is 19.3 Å². The van der Waals surface area contributed by atoms with Crippen molar-refractivity contribution in [2.45, 2.75) is 44.7 Å². The third-order valence-corrected chi connectivity index (χ3v) is 2.91. The van der Waals surface area contributed by atoms with E-state index in [1.807, 2.05) is 0 Å². The molecule has 0 aromatic heterocycles. The quantitative estimate of drug-likeness (QED) is 0.504. The van der Waals surface area contributed by atoms with Gasteiger partial charge in [0.15, 0.2) is 0 Å². The summed E-state index contributed by atoms with van der Waals surface area (Å²) in [6.45, 7) is 2.07. The first kappa shape index (κ1) is 14.3. The number of carbonyl (C=O) groups is 3. The zero-order chi connectivity index (χ0) is 13.7. The van der Waals surface area contributed by atoms with Gasteiger partial charge < -0.3 is 21.5 Å². The molecule has 1 aliphatic rings. The molecule has 1 aliphatic carbocycles. The predicted molar refractivity (Wildman–Crippen MR) is 63.7 cm³/mol. The number of hydrogen-bond acceptors (Lipinski definition) is 3. The van der Waals surface area contributed by atoms with Gasteiger partial charge in [0.25, 0.3) is 0 Å². The van der Waals surface area contributed by atoms with Gasteiger partial charge in [-0.3, -0.25) is 4.79 Å². The molecule has 3 amide bonds.